The zero-order valence-corrected chi connectivity index (χ0v) is 18.2. The van der Waals surface area contributed by atoms with Crippen LogP contribution in [0.5, 0.6) is 0 Å². The Bertz CT molecular complexity index is 1070. The van der Waals surface area contributed by atoms with Gasteiger partial charge in [-0.05, 0) is 55.8 Å². The second-order valence-corrected chi connectivity index (χ2v) is 7.79. The number of pyridine rings is 1. The van der Waals surface area contributed by atoms with Crippen LogP contribution in [0, 0.1) is 13.8 Å². The molecule has 1 aliphatic rings. The minimum Gasteiger partial charge on any atom is -0.352 e. The van der Waals surface area contributed by atoms with Crippen molar-refractivity contribution in [2.45, 2.75) is 13.8 Å². The van der Waals surface area contributed by atoms with Crippen LogP contribution < -0.4 is 15.5 Å². The van der Waals surface area contributed by atoms with Crippen LogP contribution in [0.4, 0.5) is 27.9 Å². The van der Waals surface area contributed by atoms with Crippen LogP contribution in [0.2, 0.25) is 5.02 Å². The number of benzene rings is 1. The Balaban J connectivity index is 1.32. The van der Waals surface area contributed by atoms with E-state index >= 15 is 0 Å². The molecule has 1 saturated heterocycles. The normalized spacial score (nSPS) is 13.8. The lowest BCUT2D eigenvalue weighted by molar-refractivity contribution is 0.208. The number of carbonyl (C=O) groups excluding carboxylic acids is 1. The standard InChI is InChI=1S/C22H24ClN7O/c1-15-5-3-8-19(24-15)26-20-9-10-21(28-27-20)29-11-13-30(14-12-29)22(31)25-18-7-4-6-17(23)16(18)2/h3-10H,11-14H2,1-2H3,(H,25,31)(H,24,26,27). The number of amides is 2. The lowest BCUT2D eigenvalue weighted by Gasteiger charge is -2.35. The van der Waals surface area contributed by atoms with Gasteiger partial charge >= 0.3 is 6.03 Å². The fourth-order valence-electron chi connectivity index (χ4n) is 3.38. The Hall–Kier alpha value is -3.39. The van der Waals surface area contributed by atoms with Crippen molar-refractivity contribution in [3.05, 3.63) is 64.8 Å². The Morgan fingerprint density at radius 3 is 2.42 bits per heavy atom. The molecule has 0 aliphatic carbocycles. The Morgan fingerprint density at radius 2 is 1.71 bits per heavy atom. The van der Waals surface area contributed by atoms with Crippen LogP contribution in [-0.2, 0) is 0 Å². The summed E-state index contributed by atoms with van der Waals surface area (Å²) in [5.41, 5.74) is 2.53. The van der Waals surface area contributed by atoms with Crippen molar-refractivity contribution >= 4 is 40.8 Å². The predicted octanol–water partition coefficient (Wildman–Crippen LogP) is 4.24. The van der Waals surface area contributed by atoms with E-state index < -0.39 is 0 Å². The molecule has 0 unspecified atom stereocenters. The number of aryl methyl sites for hydroxylation is 1. The summed E-state index contributed by atoms with van der Waals surface area (Å²) in [5.74, 6) is 2.15. The van der Waals surface area contributed by atoms with Gasteiger partial charge in [0.2, 0.25) is 0 Å². The van der Waals surface area contributed by atoms with Gasteiger partial charge in [-0.25, -0.2) is 9.78 Å². The molecule has 1 aromatic carbocycles. The molecule has 0 spiro atoms. The highest BCUT2D eigenvalue weighted by molar-refractivity contribution is 6.31. The number of anilines is 4. The maximum atomic E-state index is 12.6. The molecule has 160 valence electrons. The van der Waals surface area contributed by atoms with Crippen LogP contribution in [0.25, 0.3) is 0 Å². The number of piperazine rings is 1. The number of nitrogens with zero attached hydrogens (tertiary/aromatic N) is 5. The largest absolute Gasteiger partial charge is 0.352 e. The van der Waals surface area contributed by atoms with E-state index in [2.05, 4.69) is 30.7 Å². The van der Waals surface area contributed by atoms with E-state index in [4.69, 9.17) is 11.6 Å². The maximum Gasteiger partial charge on any atom is 0.321 e. The number of aromatic nitrogens is 3. The first-order valence-corrected chi connectivity index (χ1v) is 10.5. The third-order valence-electron chi connectivity index (χ3n) is 5.20. The van der Waals surface area contributed by atoms with Crippen LogP contribution in [0.3, 0.4) is 0 Å². The smallest absolute Gasteiger partial charge is 0.321 e. The third-order valence-corrected chi connectivity index (χ3v) is 5.60. The van der Waals surface area contributed by atoms with E-state index in [1.54, 1.807) is 4.90 Å². The summed E-state index contributed by atoms with van der Waals surface area (Å²) in [7, 11) is 0. The molecular formula is C22H24ClN7O. The molecule has 0 radical (unpaired) electrons. The van der Waals surface area contributed by atoms with Crippen molar-refractivity contribution in [3.63, 3.8) is 0 Å². The van der Waals surface area contributed by atoms with Gasteiger partial charge in [-0.1, -0.05) is 23.7 Å². The second kappa shape index (κ2) is 9.18. The van der Waals surface area contributed by atoms with E-state index in [0.29, 0.717) is 37.0 Å². The molecule has 2 aromatic heterocycles. The molecular weight excluding hydrogens is 414 g/mol. The van der Waals surface area contributed by atoms with Gasteiger partial charge in [-0.15, -0.1) is 10.2 Å². The van der Waals surface area contributed by atoms with Crippen LogP contribution >= 0.6 is 11.6 Å². The molecule has 3 heterocycles. The van der Waals surface area contributed by atoms with E-state index in [1.807, 2.05) is 62.4 Å². The summed E-state index contributed by atoms with van der Waals surface area (Å²) in [5, 5.41) is 15.3. The molecule has 1 fully saturated rings. The van der Waals surface area contributed by atoms with Crippen molar-refractivity contribution in [1.82, 2.24) is 20.1 Å². The lowest BCUT2D eigenvalue weighted by atomic mass is 10.2. The summed E-state index contributed by atoms with van der Waals surface area (Å²) in [6.07, 6.45) is 0. The Morgan fingerprint density at radius 1 is 0.935 bits per heavy atom. The molecule has 2 amide bonds. The number of nitrogens with one attached hydrogen (secondary N) is 2. The minimum atomic E-state index is -0.124. The van der Waals surface area contributed by atoms with E-state index in [1.165, 1.54) is 0 Å². The molecule has 0 bridgehead atoms. The van der Waals surface area contributed by atoms with Gasteiger partial charge in [-0.3, -0.25) is 0 Å². The number of halogens is 1. The van der Waals surface area contributed by atoms with E-state index in [9.17, 15) is 4.79 Å². The van der Waals surface area contributed by atoms with Crippen molar-refractivity contribution in [3.8, 4) is 0 Å². The minimum absolute atomic E-state index is 0.124. The number of rotatable bonds is 4. The fourth-order valence-corrected chi connectivity index (χ4v) is 3.55. The molecule has 2 N–H and O–H groups in total. The molecule has 8 nitrogen and oxygen atoms in total. The lowest BCUT2D eigenvalue weighted by Crippen LogP contribution is -2.50. The topological polar surface area (TPSA) is 86.3 Å². The summed E-state index contributed by atoms with van der Waals surface area (Å²) in [4.78, 5) is 20.9. The van der Waals surface area contributed by atoms with Crippen molar-refractivity contribution in [1.29, 1.82) is 0 Å². The van der Waals surface area contributed by atoms with Crippen molar-refractivity contribution in [2.24, 2.45) is 0 Å². The third kappa shape index (κ3) is 5.03. The molecule has 31 heavy (non-hydrogen) atoms. The number of carbonyl (C=O) groups is 1. The van der Waals surface area contributed by atoms with Gasteiger partial charge in [-0.2, -0.15) is 0 Å². The first-order valence-electron chi connectivity index (χ1n) is 10.1. The Kier molecular flexibility index (Phi) is 6.18. The van der Waals surface area contributed by atoms with Crippen molar-refractivity contribution in [2.75, 3.05) is 41.7 Å². The summed E-state index contributed by atoms with van der Waals surface area (Å²) in [6, 6.07) is 14.9. The highest BCUT2D eigenvalue weighted by atomic mass is 35.5. The van der Waals surface area contributed by atoms with Crippen LogP contribution in [0.15, 0.2) is 48.5 Å². The average molecular weight is 438 g/mol. The average Bonchev–Trinajstić information content (AvgIpc) is 2.78. The maximum absolute atomic E-state index is 12.6. The van der Waals surface area contributed by atoms with Gasteiger partial charge < -0.3 is 20.4 Å². The second-order valence-electron chi connectivity index (χ2n) is 7.38. The van der Waals surface area contributed by atoms with Crippen LogP contribution in [0.1, 0.15) is 11.3 Å². The number of hydrogen-bond donors (Lipinski definition) is 2. The highest BCUT2D eigenvalue weighted by Gasteiger charge is 2.22. The van der Waals surface area contributed by atoms with Gasteiger partial charge in [0, 0.05) is 42.6 Å². The molecule has 3 aromatic rings. The van der Waals surface area contributed by atoms with Crippen LogP contribution in [-0.4, -0.2) is 52.3 Å². The first-order chi connectivity index (χ1) is 15.0. The molecule has 4 rings (SSSR count). The van der Waals surface area contributed by atoms with E-state index in [0.717, 1.165) is 28.6 Å². The zero-order chi connectivity index (χ0) is 21.8. The first kappa shape index (κ1) is 20.9. The summed E-state index contributed by atoms with van der Waals surface area (Å²) >= 11 is 6.14. The van der Waals surface area contributed by atoms with Gasteiger partial charge in [0.25, 0.3) is 0 Å². The summed E-state index contributed by atoms with van der Waals surface area (Å²) in [6.45, 7) is 6.39. The molecule has 0 saturated carbocycles. The number of hydrogen-bond acceptors (Lipinski definition) is 6. The van der Waals surface area contributed by atoms with Crippen molar-refractivity contribution < 1.29 is 4.79 Å². The van der Waals surface area contributed by atoms with Gasteiger partial charge in [0.1, 0.15) is 5.82 Å². The predicted molar refractivity (Wildman–Crippen MR) is 123 cm³/mol. The van der Waals surface area contributed by atoms with Gasteiger partial charge in [0.15, 0.2) is 11.6 Å². The zero-order valence-electron chi connectivity index (χ0n) is 17.5. The molecule has 9 heteroatoms. The highest BCUT2D eigenvalue weighted by Crippen LogP contribution is 2.23. The summed E-state index contributed by atoms with van der Waals surface area (Å²) < 4.78 is 0. The quantitative estimate of drug-likeness (QED) is 0.634. The Labute approximate surface area is 186 Å². The van der Waals surface area contributed by atoms with E-state index in [-0.39, 0.29) is 6.03 Å². The SMILES string of the molecule is Cc1cccc(Nc2ccc(N3CCN(C(=O)Nc4cccc(Cl)c4C)CC3)nn2)n1. The number of urea groups is 1. The van der Waals surface area contributed by atoms with Gasteiger partial charge in [0.05, 0.1) is 0 Å². The monoisotopic (exact) mass is 437 g/mol. The molecule has 0 atom stereocenters. The fraction of sp³-hybridized carbons (Fsp3) is 0.273. The molecule has 1 aliphatic heterocycles.